The molecule has 1 aromatic carbocycles. The van der Waals surface area contributed by atoms with E-state index in [-0.39, 0.29) is 28.9 Å². The Labute approximate surface area is 186 Å². The zero-order valence-electron chi connectivity index (χ0n) is 20.0. The SMILES string of the molecule is CCC1(CC)c2cc(C(N)=O)ccc2C[C@@H](OC)[C@H]1NCC[C@H](CC(C)(C)C)C(=O)O. The van der Waals surface area contributed by atoms with Crippen LogP contribution in [0.3, 0.4) is 0 Å². The molecule has 0 unspecified atom stereocenters. The number of carbonyl (C=O) groups is 2. The number of hydrogen-bond acceptors (Lipinski definition) is 4. The number of rotatable bonds is 10. The fraction of sp³-hybridized carbons (Fsp3) is 0.680. The van der Waals surface area contributed by atoms with E-state index in [2.05, 4.69) is 39.9 Å². The van der Waals surface area contributed by atoms with Crippen molar-refractivity contribution >= 4 is 11.9 Å². The monoisotopic (exact) mass is 432 g/mol. The summed E-state index contributed by atoms with van der Waals surface area (Å²) in [7, 11) is 1.73. The molecule has 6 nitrogen and oxygen atoms in total. The second kappa shape index (κ2) is 10.1. The van der Waals surface area contributed by atoms with E-state index in [0.29, 0.717) is 24.9 Å². The predicted molar refractivity (Wildman–Crippen MR) is 123 cm³/mol. The minimum absolute atomic E-state index is 0.0206. The molecular weight excluding hydrogens is 392 g/mol. The highest BCUT2D eigenvalue weighted by molar-refractivity contribution is 5.93. The Kier molecular flexibility index (Phi) is 8.28. The van der Waals surface area contributed by atoms with Crippen molar-refractivity contribution in [2.24, 2.45) is 17.1 Å². The molecule has 31 heavy (non-hydrogen) atoms. The zero-order chi connectivity index (χ0) is 23.4. The van der Waals surface area contributed by atoms with Gasteiger partial charge in [0.1, 0.15) is 0 Å². The lowest BCUT2D eigenvalue weighted by molar-refractivity contribution is -0.143. The summed E-state index contributed by atoms with van der Waals surface area (Å²) in [5.74, 6) is -1.55. The molecule has 0 aromatic heterocycles. The molecule has 1 aliphatic rings. The van der Waals surface area contributed by atoms with Crippen molar-refractivity contribution in [3.63, 3.8) is 0 Å². The normalized spacial score (nSPS) is 21.4. The quantitative estimate of drug-likeness (QED) is 0.520. The maximum absolute atomic E-state index is 11.8. The van der Waals surface area contributed by atoms with E-state index in [1.807, 2.05) is 12.1 Å². The molecule has 0 radical (unpaired) electrons. The average molecular weight is 433 g/mol. The van der Waals surface area contributed by atoms with E-state index >= 15 is 0 Å². The van der Waals surface area contributed by atoms with Crippen LogP contribution in [-0.4, -0.2) is 42.8 Å². The van der Waals surface area contributed by atoms with E-state index in [4.69, 9.17) is 10.5 Å². The molecule has 6 heteroatoms. The van der Waals surface area contributed by atoms with Crippen LogP contribution in [0, 0.1) is 11.3 Å². The summed E-state index contributed by atoms with van der Waals surface area (Å²) < 4.78 is 5.91. The number of nitrogens with one attached hydrogen (secondary N) is 1. The van der Waals surface area contributed by atoms with Gasteiger partial charge in [0.15, 0.2) is 0 Å². The number of amides is 1. The van der Waals surface area contributed by atoms with Crippen LogP contribution in [0.2, 0.25) is 0 Å². The van der Waals surface area contributed by atoms with Crippen LogP contribution in [-0.2, 0) is 21.4 Å². The van der Waals surface area contributed by atoms with Crippen LogP contribution in [0.5, 0.6) is 0 Å². The smallest absolute Gasteiger partial charge is 0.306 e. The molecule has 0 saturated heterocycles. The Morgan fingerprint density at radius 2 is 1.94 bits per heavy atom. The van der Waals surface area contributed by atoms with Gasteiger partial charge >= 0.3 is 5.97 Å². The number of ether oxygens (including phenoxy) is 1. The molecule has 1 aliphatic carbocycles. The number of methoxy groups -OCH3 is 1. The van der Waals surface area contributed by atoms with Gasteiger partial charge in [-0.1, -0.05) is 40.7 Å². The molecule has 0 bridgehead atoms. The second-order valence-electron chi connectivity index (χ2n) is 10.1. The molecule has 0 spiro atoms. The van der Waals surface area contributed by atoms with Crippen molar-refractivity contribution in [2.75, 3.05) is 13.7 Å². The summed E-state index contributed by atoms with van der Waals surface area (Å²) >= 11 is 0. The molecular formula is C25H40N2O4. The highest BCUT2D eigenvalue weighted by atomic mass is 16.5. The van der Waals surface area contributed by atoms with Gasteiger partial charge in [-0.3, -0.25) is 9.59 Å². The summed E-state index contributed by atoms with van der Waals surface area (Å²) in [6, 6.07) is 5.76. The Balaban J connectivity index is 2.32. The molecule has 3 atom stereocenters. The van der Waals surface area contributed by atoms with Crippen molar-refractivity contribution in [3.05, 3.63) is 34.9 Å². The summed E-state index contributed by atoms with van der Waals surface area (Å²) in [5.41, 5.74) is 8.18. The summed E-state index contributed by atoms with van der Waals surface area (Å²) in [6.07, 6.45) is 3.67. The number of aliphatic carboxylic acids is 1. The average Bonchev–Trinajstić information content (AvgIpc) is 2.70. The zero-order valence-corrected chi connectivity index (χ0v) is 20.0. The lowest BCUT2D eigenvalue weighted by Gasteiger charge is -2.49. The third-order valence-corrected chi connectivity index (χ3v) is 6.95. The molecule has 1 aromatic rings. The van der Waals surface area contributed by atoms with E-state index in [9.17, 15) is 14.7 Å². The van der Waals surface area contributed by atoms with Gasteiger partial charge in [-0.15, -0.1) is 0 Å². The number of carboxylic acid groups (broad SMARTS) is 1. The third-order valence-electron chi connectivity index (χ3n) is 6.95. The number of hydrogen-bond donors (Lipinski definition) is 3. The number of carboxylic acids is 1. The second-order valence-corrected chi connectivity index (χ2v) is 10.1. The highest BCUT2D eigenvalue weighted by Gasteiger charge is 2.46. The Morgan fingerprint density at radius 1 is 1.29 bits per heavy atom. The first-order valence-electron chi connectivity index (χ1n) is 11.4. The lowest BCUT2D eigenvalue weighted by Crippen LogP contribution is -2.59. The van der Waals surface area contributed by atoms with Crippen LogP contribution >= 0.6 is 0 Å². The van der Waals surface area contributed by atoms with Crippen LogP contribution in [0.15, 0.2) is 18.2 Å². The number of nitrogens with two attached hydrogens (primary N) is 1. The number of carbonyl (C=O) groups excluding carboxylic acids is 1. The van der Waals surface area contributed by atoms with Crippen LogP contribution in [0.25, 0.3) is 0 Å². The molecule has 2 rings (SSSR count). The topological polar surface area (TPSA) is 102 Å². The number of benzene rings is 1. The molecule has 174 valence electrons. The fourth-order valence-electron chi connectivity index (χ4n) is 5.31. The van der Waals surface area contributed by atoms with Gasteiger partial charge < -0.3 is 20.9 Å². The van der Waals surface area contributed by atoms with E-state index in [1.54, 1.807) is 13.2 Å². The first kappa shape index (κ1) is 25.3. The number of fused-ring (bicyclic) bond motifs is 1. The fourth-order valence-corrected chi connectivity index (χ4v) is 5.31. The molecule has 1 amide bonds. The van der Waals surface area contributed by atoms with E-state index < -0.39 is 11.9 Å². The van der Waals surface area contributed by atoms with Gasteiger partial charge in [0, 0.05) is 30.6 Å². The minimum Gasteiger partial charge on any atom is -0.481 e. The molecule has 0 saturated carbocycles. The van der Waals surface area contributed by atoms with Gasteiger partial charge in [0.05, 0.1) is 12.0 Å². The van der Waals surface area contributed by atoms with Crippen LogP contribution in [0.1, 0.15) is 81.8 Å². The molecule has 0 fully saturated rings. The molecule has 0 heterocycles. The van der Waals surface area contributed by atoms with E-state index in [1.165, 1.54) is 5.56 Å². The number of primary amides is 1. The summed E-state index contributed by atoms with van der Waals surface area (Å²) in [6.45, 7) is 11.2. The third kappa shape index (κ3) is 5.66. The van der Waals surface area contributed by atoms with Crippen LogP contribution < -0.4 is 11.1 Å². The van der Waals surface area contributed by atoms with Crippen molar-refractivity contribution in [1.29, 1.82) is 0 Å². The van der Waals surface area contributed by atoms with Gasteiger partial charge in [-0.05, 0) is 60.9 Å². The summed E-state index contributed by atoms with van der Waals surface area (Å²) in [5, 5.41) is 13.4. The van der Waals surface area contributed by atoms with Crippen molar-refractivity contribution < 1.29 is 19.4 Å². The molecule has 4 N–H and O–H groups in total. The predicted octanol–water partition coefficient (Wildman–Crippen LogP) is 3.90. The standard InChI is InChI=1S/C25H40N2O4/c1-7-25(8-2)19-13-17(22(26)28)10-9-16(19)14-20(31-6)21(25)27-12-11-18(23(29)30)15-24(3,4)5/h9-10,13,18,20-21,27H,7-8,11-12,14-15H2,1-6H3,(H2,26,28)(H,29,30)/t18-,20-,21-/m1/s1. The molecule has 0 aliphatic heterocycles. The van der Waals surface area contributed by atoms with Crippen molar-refractivity contribution in [2.45, 2.75) is 84.3 Å². The van der Waals surface area contributed by atoms with Gasteiger partial charge in [0.2, 0.25) is 5.91 Å². The van der Waals surface area contributed by atoms with Gasteiger partial charge in [0.25, 0.3) is 0 Å². The minimum atomic E-state index is -0.739. The Hall–Kier alpha value is -1.92. The summed E-state index contributed by atoms with van der Waals surface area (Å²) in [4.78, 5) is 23.6. The van der Waals surface area contributed by atoms with E-state index in [0.717, 1.165) is 24.8 Å². The Bertz CT molecular complexity index is 780. The van der Waals surface area contributed by atoms with Crippen molar-refractivity contribution in [3.8, 4) is 0 Å². The maximum Gasteiger partial charge on any atom is 0.306 e. The largest absolute Gasteiger partial charge is 0.481 e. The first-order chi connectivity index (χ1) is 14.5. The maximum atomic E-state index is 11.8. The van der Waals surface area contributed by atoms with Crippen molar-refractivity contribution in [1.82, 2.24) is 5.32 Å². The first-order valence-corrected chi connectivity index (χ1v) is 11.4. The lowest BCUT2D eigenvalue weighted by atomic mass is 9.62. The van der Waals surface area contributed by atoms with Gasteiger partial charge in [-0.25, -0.2) is 0 Å². The Morgan fingerprint density at radius 3 is 2.42 bits per heavy atom. The van der Waals surface area contributed by atoms with Gasteiger partial charge in [-0.2, -0.15) is 0 Å². The van der Waals surface area contributed by atoms with Crippen LogP contribution in [0.4, 0.5) is 0 Å². The highest BCUT2D eigenvalue weighted by Crippen LogP contribution is 2.44.